The average Bonchev–Trinajstić information content (AvgIpc) is 2.73. The van der Waals surface area contributed by atoms with Crippen LogP contribution in [0.4, 0.5) is 32.0 Å². The quantitative estimate of drug-likeness (QED) is 0.385. The lowest BCUT2D eigenvalue weighted by molar-refractivity contribution is -0.274. The standard InChI is InChI=1S/C21H15F6N3O4S/c1-35(28,32)16-4-2-3-13(10-16)30-18(31)17-9-12(20(22,23)24)11-29-19(17)33-14-5-7-15(8-6-14)34-21(25,26)27/h2-11,28H,1H3,(H,30,31)/t35-/m1/s1. The molecule has 0 aliphatic heterocycles. The van der Waals surface area contributed by atoms with E-state index < -0.39 is 50.9 Å². The molecule has 0 fully saturated rings. The smallest absolute Gasteiger partial charge is 0.438 e. The number of ether oxygens (including phenoxy) is 2. The third-order valence-corrected chi connectivity index (χ3v) is 5.39. The number of alkyl halides is 6. The fraction of sp³-hybridized carbons (Fsp3) is 0.143. The first-order chi connectivity index (χ1) is 16.1. The van der Waals surface area contributed by atoms with E-state index in [2.05, 4.69) is 15.0 Å². The van der Waals surface area contributed by atoms with Crippen LogP contribution in [-0.2, 0) is 15.9 Å². The monoisotopic (exact) mass is 519 g/mol. The van der Waals surface area contributed by atoms with Crippen LogP contribution in [0.2, 0.25) is 0 Å². The van der Waals surface area contributed by atoms with Gasteiger partial charge in [-0.25, -0.2) is 14.0 Å². The fourth-order valence-electron chi connectivity index (χ4n) is 2.69. The number of nitrogens with zero attached hydrogens (tertiary/aromatic N) is 1. The number of carbonyl (C=O) groups is 1. The molecular formula is C21H15F6N3O4S. The second-order valence-electron chi connectivity index (χ2n) is 7.02. The molecule has 0 unspecified atom stereocenters. The molecule has 0 saturated heterocycles. The Morgan fingerprint density at radius 2 is 1.63 bits per heavy atom. The molecule has 1 heterocycles. The molecule has 35 heavy (non-hydrogen) atoms. The molecule has 0 saturated carbocycles. The van der Waals surface area contributed by atoms with Crippen molar-refractivity contribution in [3.8, 4) is 17.4 Å². The zero-order chi connectivity index (χ0) is 26.0. The predicted molar refractivity (Wildman–Crippen MR) is 112 cm³/mol. The molecule has 2 aromatic carbocycles. The lowest BCUT2D eigenvalue weighted by atomic mass is 10.1. The molecule has 186 valence electrons. The summed E-state index contributed by atoms with van der Waals surface area (Å²) in [5.41, 5.74) is -1.84. The maximum absolute atomic E-state index is 13.2. The Morgan fingerprint density at radius 1 is 1.00 bits per heavy atom. The Bertz CT molecular complexity index is 1340. The van der Waals surface area contributed by atoms with Crippen LogP contribution in [-0.4, -0.2) is 27.7 Å². The number of halogens is 6. The van der Waals surface area contributed by atoms with Crippen LogP contribution in [0.15, 0.2) is 65.7 Å². The predicted octanol–water partition coefficient (Wildman–Crippen LogP) is 6.08. The summed E-state index contributed by atoms with van der Waals surface area (Å²) in [6.07, 6.45) is -8.18. The van der Waals surface area contributed by atoms with Crippen LogP contribution in [0.5, 0.6) is 17.4 Å². The summed E-state index contributed by atoms with van der Waals surface area (Å²) >= 11 is 0. The van der Waals surface area contributed by atoms with Crippen molar-refractivity contribution >= 4 is 21.3 Å². The topological polar surface area (TPSA) is 101 Å². The molecule has 0 radical (unpaired) electrons. The van der Waals surface area contributed by atoms with Gasteiger partial charge in [-0.3, -0.25) is 4.79 Å². The third-order valence-electron chi connectivity index (χ3n) is 4.24. The maximum Gasteiger partial charge on any atom is 0.573 e. The molecule has 1 aromatic heterocycles. The lowest BCUT2D eigenvalue weighted by Gasteiger charge is -2.14. The first-order valence-electron chi connectivity index (χ1n) is 9.38. The van der Waals surface area contributed by atoms with Gasteiger partial charge in [0.05, 0.1) is 15.3 Å². The van der Waals surface area contributed by atoms with Gasteiger partial charge in [0.15, 0.2) is 0 Å². The Morgan fingerprint density at radius 3 is 2.20 bits per heavy atom. The van der Waals surface area contributed by atoms with E-state index >= 15 is 0 Å². The van der Waals surface area contributed by atoms with Gasteiger partial charge in [-0.1, -0.05) is 6.07 Å². The largest absolute Gasteiger partial charge is 0.573 e. The van der Waals surface area contributed by atoms with Gasteiger partial charge in [-0.05, 0) is 48.5 Å². The highest BCUT2D eigenvalue weighted by molar-refractivity contribution is 7.91. The van der Waals surface area contributed by atoms with Crippen LogP contribution in [0.1, 0.15) is 15.9 Å². The van der Waals surface area contributed by atoms with Gasteiger partial charge in [0, 0.05) is 23.0 Å². The Hall–Kier alpha value is -3.81. The summed E-state index contributed by atoms with van der Waals surface area (Å²) in [6, 6.07) is 9.77. The zero-order valence-electron chi connectivity index (χ0n) is 17.5. The first-order valence-corrected chi connectivity index (χ1v) is 11.3. The van der Waals surface area contributed by atoms with Crippen LogP contribution < -0.4 is 14.8 Å². The maximum atomic E-state index is 13.2. The molecule has 3 rings (SSSR count). The normalized spacial score (nSPS) is 13.6. The lowest BCUT2D eigenvalue weighted by Crippen LogP contribution is -2.17. The van der Waals surface area contributed by atoms with E-state index in [0.717, 1.165) is 30.5 Å². The minimum Gasteiger partial charge on any atom is -0.438 e. The van der Waals surface area contributed by atoms with Crippen LogP contribution in [0, 0.1) is 4.78 Å². The van der Waals surface area contributed by atoms with E-state index in [1.165, 1.54) is 24.3 Å². The Labute approximate surface area is 194 Å². The van der Waals surface area contributed by atoms with Gasteiger partial charge in [0.2, 0.25) is 5.88 Å². The van der Waals surface area contributed by atoms with Gasteiger partial charge in [0.1, 0.15) is 17.1 Å². The van der Waals surface area contributed by atoms with Gasteiger partial charge in [-0.2, -0.15) is 13.2 Å². The van der Waals surface area contributed by atoms with E-state index in [9.17, 15) is 35.3 Å². The van der Waals surface area contributed by atoms with Gasteiger partial charge >= 0.3 is 12.5 Å². The number of anilines is 1. The number of carbonyl (C=O) groups excluding carboxylic acids is 1. The van der Waals surface area contributed by atoms with Gasteiger partial charge in [-0.15, -0.1) is 13.2 Å². The molecule has 14 heteroatoms. The molecule has 0 aliphatic rings. The number of aromatic nitrogens is 1. The van der Waals surface area contributed by atoms with E-state index in [-0.39, 0.29) is 16.3 Å². The highest BCUT2D eigenvalue weighted by Crippen LogP contribution is 2.34. The number of hydrogen-bond acceptors (Lipinski definition) is 6. The summed E-state index contributed by atoms with van der Waals surface area (Å²) in [6.45, 7) is 0. The molecule has 7 nitrogen and oxygen atoms in total. The molecule has 1 atom stereocenters. The Balaban J connectivity index is 1.93. The van der Waals surface area contributed by atoms with Crippen molar-refractivity contribution in [2.75, 3.05) is 11.6 Å². The number of amides is 1. The average molecular weight is 519 g/mol. The highest BCUT2D eigenvalue weighted by Gasteiger charge is 2.33. The van der Waals surface area contributed by atoms with Crippen molar-refractivity contribution in [1.29, 1.82) is 4.78 Å². The molecule has 1 amide bonds. The second kappa shape index (κ2) is 9.44. The SMILES string of the molecule is C[S@@](=N)(=O)c1cccc(NC(=O)c2cc(C(F)(F)F)cnc2Oc2ccc(OC(F)(F)F)cc2)c1. The van der Waals surface area contributed by atoms with E-state index in [0.29, 0.717) is 12.3 Å². The second-order valence-corrected chi connectivity index (χ2v) is 9.18. The first kappa shape index (κ1) is 25.8. The van der Waals surface area contributed by atoms with Crippen molar-refractivity contribution in [3.63, 3.8) is 0 Å². The van der Waals surface area contributed by atoms with Crippen molar-refractivity contribution in [3.05, 3.63) is 71.9 Å². The number of hydrogen-bond donors (Lipinski definition) is 2. The fourth-order valence-corrected chi connectivity index (χ4v) is 3.38. The van der Waals surface area contributed by atoms with E-state index in [1.807, 2.05) is 0 Å². The zero-order valence-corrected chi connectivity index (χ0v) is 18.3. The number of pyridine rings is 1. The molecule has 3 aromatic rings. The molecule has 2 N–H and O–H groups in total. The van der Waals surface area contributed by atoms with Crippen molar-refractivity contribution in [2.45, 2.75) is 17.4 Å². The van der Waals surface area contributed by atoms with E-state index in [4.69, 9.17) is 9.52 Å². The van der Waals surface area contributed by atoms with Gasteiger partial charge in [0.25, 0.3) is 5.91 Å². The highest BCUT2D eigenvalue weighted by atomic mass is 32.2. The minimum atomic E-state index is -4.93. The Kier molecular flexibility index (Phi) is 6.96. The number of rotatable bonds is 6. The summed E-state index contributed by atoms with van der Waals surface area (Å²) in [5.74, 6) is -2.33. The number of benzene rings is 2. The summed E-state index contributed by atoms with van der Waals surface area (Å²) in [4.78, 5) is 16.4. The molecule has 0 spiro atoms. The number of nitrogens with one attached hydrogen (secondary N) is 2. The third kappa shape index (κ3) is 7.09. The minimum absolute atomic E-state index is 0.0475. The van der Waals surface area contributed by atoms with E-state index in [1.54, 1.807) is 0 Å². The van der Waals surface area contributed by atoms with Crippen LogP contribution >= 0.6 is 0 Å². The molecular weight excluding hydrogens is 504 g/mol. The summed E-state index contributed by atoms with van der Waals surface area (Å²) < 4.78 is 105. The van der Waals surface area contributed by atoms with Crippen LogP contribution in [0.25, 0.3) is 0 Å². The summed E-state index contributed by atoms with van der Waals surface area (Å²) in [7, 11) is -3.13. The van der Waals surface area contributed by atoms with Gasteiger partial charge < -0.3 is 14.8 Å². The molecule has 0 bridgehead atoms. The van der Waals surface area contributed by atoms with Crippen molar-refractivity contribution in [1.82, 2.24) is 4.98 Å². The van der Waals surface area contributed by atoms with Crippen molar-refractivity contribution < 1.29 is 44.8 Å². The van der Waals surface area contributed by atoms with Crippen LogP contribution in [0.3, 0.4) is 0 Å². The van der Waals surface area contributed by atoms with Crippen molar-refractivity contribution in [2.24, 2.45) is 0 Å². The molecule has 0 aliphatic carbocycles. The summed E-state index contributed by atoms with van der Waals surface area (Å²) in [5, 5.41) is 2.33.